The van der Waals surface area contributed by atoms with E-state index in [1.807, 2.05) is 11.9 Å². The highest BCUT2D eigenvalue weighted by atomic mass is 32.2. The van der Waals surface area contributed by atoms with E-state index in [1.165, 1.54) is 90.0 Å². The number of hydrogen-bond donors (Lipinski definition) is 4. The van der Waals surface area contributed by atoms with Crippen LogP contribution in [-0.2, 0) is 0 Å². The minimum absolute atomic E-state index is 0.157. The van der Waals surface area contributed by atoms with Crippen LogP contribution >= 0.6 is 11.9 Å². The predicted octanol–water partition coefficient (Wildman–Crippen LogP) is 4.74. The fraction of sp³-hybridized carbons (Fsp3) is 0.971. The van der Waals surface area contributed by atoms with E-state index in [2.05, 4.69) is 49.2 Å². The van der Waals surface area contributed by atoms with Gasteiger partial charge in [-0.15, -0.1) is 0 Å². The molecule has 0 spiro atoms. The van der Waals surface area contributed by atoms with Crippen LogP contribution in [0.2, 0.25) is 0 Å². The zero-order valence-electron chi connectivity index (χ0n) is 27.0. The summed E-state index contributed by atoms with van der Waals surface area (Å²) < 4.78 is 3.84. The quantitative estimate of drug-likeness (QED) is 0.343. The van der Waals surface area contributed by atoms with Crippen LogP contribution in [0.5, 0.6) is 0 Å². The first-order chi connectivity index (χ1) is 20.8. The molecule has 8 nitrogen and oxygen atoms in total. The highest BCUT2D eigenvalue weighted by Crippen LogP contribution is 2.60. The van der Waals surface area contributed by atoms with Crippen LogP contribution in [-0.4, -0.2) is 89.4 Å². The molecule has 8 bridgehead atoms. The summed E-state index contributed by atoms with van der Waals surface area (Å²) in [6.45, 7) is 11.1. The van der Waals surface area contributed by atoms with Crippen molar-refractivity contribution in [2.24, 2.45) is 35.0 Å². The summed E-state index contributed by atoms with van der Waals surface area (Å²) in [7, 11) is 0. The third kappa shape index (κ3) is 6.02. The summed E-state index contributed by atoms with van der Waals surface area (Å²) in [4.78, 5) is 21.4. The third-order valence-corrected chi connectivity index (χ3v) is 14.3. The lowest BCUT2D eigenvalue weighted by molar-refractivity contribution is -0.0626. The second-order valence-corrected chi connectivity index (χ2v) is 18.1. The van der Waals surface area contributed by atoms with Gasteiger partial charge in [0.15, 0.2) is 0 Å². The Bertz CT molecular complexity index is 989. The number of piperidine rings is 2. The summed E-state index contributed by atoms with van der Waals surface area (Å²) in [5, 5.41) is 12.3. The summed E-state index contributed by atoms with van der Waals surface area (Å²) in [5.74, 6) is 4.14. The summed E-state index contributed by atoms with van der Waals surface area (Å²) >= 11 is 1.92. The van der Waals surface area contributed by atoms with Gasteiger partial charge in [0.1, 0.15) is 0 Å². The topological polar surface area (TPSA) is 74.9 Å². The van der Waals surface area contributed by atoms with Gasteiger partial charge in [-0.2, -0.15) is 0 Å². The van der Waals surface area contributed by atoms with E-state index in [4.69, 9.17) is 0 Å². The van der Waals surface area contributed by atoms with Gasteiger partial charge in [0.25, 0.3) is 0 Å². The highest BCUT2D eigenvalue weighted by Gasteiger charge is 2.53. The Balaban J connectivity index is 0.956. The molecule has 242 valence electrons. The molecule has 0 radical (unpaired) electrons. The molecular formula is C34H59N7OS. The first-order valence-electron chi connectivity index (χ1n) is 18.3. The number of carbonyl (C=O) groups excluding carboxylic acids is 1. The Morgan fingerprint density at radius 1 is 0.860 bits per heavy atom. The van der Waals surface area contributed by atoms with Crippen LogP contribution in [0, 0.1) is 35.0 Å². The van der Waals surface area contributed by atoms with Gasteiger partial charge in [-0.3, -0.25) is 20.3 Å². The molecule has 43 heavy (non-hydrogen) atoms. The van der Waals surface area contributed by atoms with Gasteiger partial charge in [0.2, 0.25) is 0 Å². The number of rotatable bonds is 3. The molecule has 7 atom stereocenters. The van der Waals surface area contributed by atoms with Gasteiger partial charge in [0, 0.05) is 44.2 Å². The van der Waals surface area contributed by atoms with Crippen molar-refractivity contribution in [2.75, 3.05) is 39.3 Å². The van der Waals surface area contributed by atoms with Crippen molar-refractivity contribution in [3.8, 4) is 0 Å². The number of nitrogens with one attached hydrogen (secondary N) is 4. The summed E-state index contributed by atoms with van der Waals surface area (Å²) in [5.41, 5.74) is 0.605. The minimum Gasteiger partial charge on any atom is -0.322 e. The van der Waals surface area contributed by atoms with E-state index in [1.54, 1.807) is 0 Å². The molecule has 0 aromatic heterocycles. The Kier molecular flexibility index (Phi) is 8.24. The van der Waals surface area contributed by atoms with Gasteiger partial charge in [-0.25, -0.2) is 4.79 Å². The lowest BCUT2D eigenvalue weighted by atomic mass is 9.49. The maximum absolute atomic E-state index is 14.1. The van der Waals surface area contributed by atoms with Crippen LogP contribution < -0.4 is 20.7 Å². The lowest BCUT2D eigenvalue weighted by Crippen LogP contribution is -2.65. The number of carbonyl (C=O) groups is 1. The van der Waals surface area contributed by atoms with Gasteiger partial charge in [-0.05, 0) is 139 Å². The van der Waals surface area contributed by atoms with Crippen LogP contribution in [0.3, 0.4) is 0 Å². The van der Waals surface area contributed by atoms with E-state index < -0.39 is 0 Å². The average molecular weight is 614 g/mol. The van der Waals surface area contributed by atoms with Crippen LogP contribution in [0.15, 0.2) is 0 Å². The molecule has 9 aliphatic rings. The second-order valence-electron chi connectivity index (χ2n) is 17.0. The largest absolute Gasteiger partial charge is 0.322 e. The Hall–Kier alpha value is -0.580. The van der Waals surface area contributed by atoms with E-state index in [0.717, 1.165) is 62.8 Å². The molecule has 4 N–H and O–H groups in total. The molecule has 5 saturated heterocycles. The van der Waals surface area contributed by atoms with Crippen molar-refractivity contribution in [3.05, 3.63) is 0 Å². The molecule has 9 rings (SSSR count). The van der Waals surface area contributed by atoms with E-state index in [-0.39, 0.29) is 11.7 Å². The standard InChI is InChI=1S/C34H59N7OS/c1-33(2)16-23-5-4-10-35-28-6-3-7-30(37-28)43-36-20-27-8-9-29(38-31(27)41(33)21-23)40-12-11-39(32(40)42)22-34-17-24-13-25(18-34)15-26(14-24)19-34/h23-31,35-38H,3-22H2,1-2H3/t23-,24?,25?,26?,27?,28?,29?,30?,31?,34?/m0/s1. The van der Waals surface area contributed by atoms with Crippen molar-refractivity contribution in [1.29, 1.82) is 0 Å². The minimum atomic E-state index is 0.157. The first kappa shape index (κ1) is 29.8. The molecule has 9 fully saturated rings. The third-order valence-electron chi connectivity index (χ3n) is 13.3. The van der Waals surface area contributed by atoms with Gasteiger partial charge >= 0.3 is 6.03 Å². The highest BCUT2D eigenvalue weighted by molar-refractivity contribution is 7.98. The van der Waals surface area contributed by atoms with Crippen LogP contribution in [0.25, 0.3) is 0 Å². The van der Waals surface area contributed by atoms with E-state index in [0.29, 0.717) is 35.1 Å². The zero-order chi connectivity index (χ0) is 29.2. The normalized spacial score (nSPS) is 48.2. The number of nitrogens with zero attached hydrogens (tertiary/aromatic N) is 3. The summed E-state index contributed by atoms with van der Waals surface area (Å²) in [6, 6.07) is 0.321. The maximum atomic E-state index is 14.1. The predicted molar refractivity (Wildman–Crippen MR) is 174 cm³/mol. The van der Waals surface area contributed by atoms with Gasteiger partial charge < -0.3 is 15.1 Å². The fourth-order valence-electron chi connectivity index (χ4n) is 11.8. The van der Waals surface area contributed by atoms with Crippen molar-refractivity contribution >= 4 is 18.0 Å². The molecule has 5 heterocycles. The molecular weight excluding hydrogens is 554 g/mol. The van der Waals surface area contributed by atoms with Gasteiger partial charge in [-0.1, -0.05) is 11.9 Å². The van der Waals surface area contributed by atoms with Crippen molar-refractivity contribution in [1.82, 2.24) is 35.4 Å². The summed E-state index contributed by atoms with van der Waals surface area (Å²) in [6.07, 6.45) is 19.4. The van der Waals surface area contributed by atoms with Crippen LogP contribution in [0.4, 0.5) is 4.79 Å². The molecule has 0 aromatic rings. The Morgan fingerprint density at radius 3 is 2.44 bits per heavy atom. The van der Waals surface area contributed by atoms with E-state index in [9.17, 15) is 4.79 Å². The average Bonchev–Trinajstić information content (AvgIpc) is 3.47. The van der Waals surface area contributed by atoms with Crippen molar-refractivity contribution < 1.29 is 4.79 Å². The first-order valence-corrected chi connectivity index (χ1v) is 19.2. The molecule has 9 heteroatoms. The zero-order valence-corrected chi connectivity index (χ0v) is 27.8. The Morgan fingerprint density at radius 2 is 1.65 bits per heavy atom. The molecule has 5 aliphatic heterocycles. The number of urea groups is 1. The van der Waals surface area contributed by atoms with Crippen molar-refractivity contribution in [3.63, 3.8) is 0 Å². The smallest absolute Gasteiger partial charge is 0.321 e. The fourth-order valence-corrected chi connectivity index (χ4v) is 12.9. The van der Waals surface area contributed by atoms with Gasteiger partial charge in [0.05, 0.1) is 23.9 Å². The van der Waals surface area contributed by atoms with Crippen LogP contribution in [0.1, 0.15) is 104 Å². The Labute approximate surface area is 265 Å². The second kappa shape index (κ2) is 11.9. The SMILES string of the molecule is CC1(C)C[C@@H]2CCCNC3CCCC(N3)SNCC3CCC(N4CCN(CC56CC7CC(CC(C7)C5)C6)C4=O)NC3N1C2. The molecule has 0 aromatic carbocycles. The lowest BCUT2D eigenvalue weighted by Gasteiger charge is -2.57. The van der Waals surface area contributed by atoms with E-state index >= 15 is 0 Å². The molecule has 6 unspecified atom stereocenters. The monoisotopic (exact) mass is 613 g/mol. The number of fused-ring (bicyclic) bond motifs is 6. The molecule has 4 saturated carbocycles. The maximum Gasteiger partial charge on any atom is 0.321 e. The molecule has 4 aliphatic carbocycles. The number of amides is 2. The number of hydrogen-bond acceptors (Lipinski definition) is 7. The van der Waals surface area contributed by atoms with Crippen molar-refractivity contribution in [2.45, 2.75) is 133 Å². The molecule has 2 amide bonds.